The number of anilines is 1. The minimum Gasteiger partial charge on any atom is -0.367 e. The second kappa shape index (κ2) is 8.49. The monoisotopic (exact) mass is 434 g/mol. The number of amides is 1. The second-order valence-corrected chi connectivity index (χ2v) is 8.57. The molecule has 1 amide bonds. The summed E-state index contributed by atoms with van der Waals surface area (Å²) in [4.78, 5) is 23.0. The van der Waals surface area contributed by atoms with Crippen LogP contribution >= 0.6 is 0 Å². The minimum atomic E-state index is -2.56. The molecular formula is C21H28F2N6O2. The number of hydrogen-bond acceptors (Lipinski definition) is 6. The van der Waals surface area contributed by atoms with Crippen molar-refractivity contribution >= 4 is 11.7 Å². The number of hydrogen-bond donors (Lipinski definition) is 1. The summed E-state index contributed by atoms with van der Waals surface area (Å²) in [7, 11) is 0. The van der Waals surface area contributed by atoms with Crippen LogP contribution in [0, 0.1) is 19.8 Å². The molecule has 8 nitrogen and oxygen atoms in total. The molecule has 10 heteroatoms. The fourth-order valence-electron chi connectivity index (χ4n) is 4.29. The molecule has 1 aliphatic carbocycles. The fraction of sp³-hybridized carbons (Fsp3) is 0.619. The molecule has 2 aromatic heterocycles. The van der Waals surface area contributed by atoms with E-state index in [1.54, 1.807) is 4.68 Å². The second-order valence-electron chi connectivity index (χ2n) is 8.57. The van der Waals surface area contributed by atoms with Crippen molar-refractivity contribution in [3.05, 3.63) is 29.2 Å². The molecule has 0 aromatic carbocycles. The lowest BCUT2D eigenvalue weighted by Crippen LogP contribution is -2.48. The Kier molecular flexibility index (Phi) is 5.92. The summed E-state index contributed by atoms with van der Waals surface area (Å²) in [6.07, 6.45) is 0.686. The first-order valence-electron chi connectivity index (χ1n) is 10.7. The van der Waals surface area contributed by atoms with E-state index >= 15 is 0 Å². The fourth-order valence-corrected chi connectivity index (χ4v) is 4.29. The third kappa shape index (κ3) is 5.00. The van der Waals surface area contributed by atoms with Crippen LogP contribution in [0.5, 0.6) is 0 Å². The van der Waals surface area contributed by atoms with Gasteiger partial charge in [0, 0.05) is 36.8 Å². The molecule has 31 heavy (non-hydrogen) atoms. The Labute approximate surface area is 179 Å². The highest BCUT2D eigenvalue weighted by molar-refractivity contribution is 5.79. The SMILES string of the molecule is Cc1cc(C)n(-c2nc(CC3CCC(F)(F)CC3)cc(N3CCOC(C(N)=O)C3)n2)n1. The first-order chi connectivity index (χ1) is 14.7. The van der Waals surface area contributed by atoms with Gasteiger partial charge in [0.15, 0.2) is 6.10 Å². The van der Waals surface area contributed by atoms with Crippen molar-refractivity contribution in [2.45, 2.75) is 58.0 Å². The van der Waals surface area contributed by atoms with Gasteiger partial charge in [-0.05, 0) is 45.1 Å². The number of nitrogens with two attached hydrogens (primary N) is 1. The molecule has 168 valence electrons. The van der Waals surface area contributed by atoms with Gasteiger partial charge < -0.3 is 15.4 Å². The average molecular weight is 434 g/mol. The van der Waals surface area contributed by atoms with Crippen LogP contribution in [0.1, 0.15) is 42.8 Å². The number of alkyl halides is 2. The van der Waals surface area contributed by atoms with E-state index in [1.165, 1.54) is 0 Å². The average Bonchev–Trinajstić information content (AvgIpc) is 3.07. The largest absolute Gasteiger partial charge is 0.367 e. The third-order valence-corrected chi connectivity index (χ3v) is 6.00. The van der Waals surface area contributed by atoms with E-state index < -0.39 is 17.9 Å². The summed E-state index contributed by atoms with van der Waals surface area (Å²) >= 11 is 0. The van der Waals surface area contributed by atoms with Gasteiger partial charge in [-0.25, -0.2) is 18.4 Å². The Morgan fingerprint density at radius 2 is 2.00 bits per heavy atom. The number of aromatic nitrogens is 4. The number of morpholine rings is 1. The van der Waals surface area contributed by atoms with Crippen molar-refractivity contribution in [3.63, 3.8) is 0 Å². The molecule has 2 fully saturated rings. The van der Waals surface area contributed by atoms with Gasteiger partial charge in [0.25, 0.3) is 5.95 Å². The van der Waals surface area contributed by atoms with Gasteiger partial charge >= 0.3 is 0 Å². The van der Waals surface area contributed by atoms with E-state index in [0.29, 0.717) is 50.7 Å². The highest BCUT2D eigenvalue weighted by Gasteiger charge is 2.35. The van der Waals surface area contributed by atoms with Crippen LogP contribution in [-0.4, -0.2) is 57.4 Å². The first-order valence-corrected chi connectivity index (χ1v) is 10.7. The van der Waals surface area contributed by atoms with Crippen LogP contribution in [0.4, 0.5) is 14.6 Å². The molecule has 1 atom stereocenters. The van der Waals surface area contributed by atoms with E-state index in [0.717, 1.165) is 17.1 Å². The van der Waals surface area contributed by atoms with Gasteiger partial charge in [0.05, 0.1) is 18.8 Å². The molecule has 3 heterocycles. The van der Waals surface area contributed by atoms with Crippen molar-refractivity contribution in [2.24, 2.45) is 11.7 Å². The molecule has 1 aliphatic heterocycles. The van der Waals surface area contributed by atoms with Crippen LogP contribution in [-0.2, 0) is 16.0 Å². The number of aryl methyl sites for hydroxylation is 2. The third-order valence-electron chi connectivity index (χ3n) is 6.00. The Balaban J connectivity index is 1.64. The van der Waals surface area contributed by atoms with Gasteiger partial charge in [0.1, 0.15) is 5.82 Å². The Morgan fingerprint density at radius 3 is 2.65 bits per heavy atom. The molecule has 2 aliphatic rings. The summed E-state index contributed by atoms with van der Waals surface area (Å²) in [5.41, 5.74) is 7.96. The maximum absolute atomic E-state index is 13.6. The first kappa shape index (κ1) is 21.6. The molecule has 1 unspecified atom stereocenters. The number of carbonyl (C=O) groups is 1. The molecule has 0 spiro atoms. The van der Waals surface area contributed by atoms with Crippen LogP contribution < -0.4 is 10.6 Å². The molecule has 4 rings (SSSR count). The van der Waals surface area contributed by atoms with E-state index in [-0.39, 0.29) is 18.8 Å². The maximum Gasteiger partial charge on any atom is 0.252 e. The van der Waals surface area contributed by atoms with Gasteiger partial charge in [-0.2, -0.15) is 10.1 Å². The van der Waals surface area contributed by atoms with Gasteiger partial charge in [-0.15, -0.1) is 0 Å². The Hall–Kier alpha value is -2.62. The van der Waals surface area contributed by atoms with Gasteiger partial charge in [-0.3, -0.25) is 4.79 Å². The zero-order chi connectivity index (χ0) is 22.2. The van der Waals surface area contributed by atoms with E-state index in [9.17, 15) is 13.6 Å². The summed E-state index contributed by atoms with van der Waals surface area (Å²) in [5, 5.41) is 4.49. The number of rotatable bonds is 5. The molecule has 0 bridgehead atoms. The lowest BCUT2D eigenvalue weighted by atomic mass is 9.84. The van der Waals surface area contributed by atoms with Gasteiger partial charge in [0.2, 0.25) is 11.8 Å². The maximum atomic E-state index is 13.6. The molecule has 1 saturated heterocycles. The molecule has 2 N–H and O–H groups in total. The van der Waals surface area contributed by atoms with Crippen LogP contribution in [0.25, 0.3) is 5.95 Å². The molecule has 2 aromatic rings. The molecule has 0 radical (unpaired) electrons. The van der Waals surface area contributed by atoms with Crippen LogP contribution in [0.15, 0.2) is 12.1 Å². The highest BCUT2D eigenvalue weighted by atomic mass is 19.3. The summed E-state index contributed by atoms with van der Waals surface area (Å²) in [6.45, 7) is 5.05. The lowest BCUT2D eigenvalue weighted by Gasteiger charge is -2.32. The normalized spacial score (nSPS) is 21.9. The summed E-state index contributed by atoms with van der Waals surface area (Å²) < 4.78 is 34.3. The summed E-state index contributed by atoms with van der Waals surface area (Å²) in [5.74, 6) is -1.83. The Morgan fingerprint density at radius 1 is 1.26 bits per heavy atom. The number of primary amides is 1. The molecule has 1 saturated carbocycles. The van der Waals surface area contributed by atoms with Gasteiger partial charge in [-0.1, -0.05) is 0 Å². The van der Waals surface area contributed by atoms with E-state index in [4.69, 9.17) is 20.4 Å². The number of halogens is 2. The topological polar surface area (TPSA) is 99.2 Å². The zero-order valence-corrected chi connectivity index (χ0v) is 17.9. The van der Waals surface area contributed by atoms with Crippen molar-refractivity contribution in [2.75, 3.05) is 24.6 Å². The number of nitrogens with zero attached hydrogens (tertiary/aromatic N) is 5. The van der Waals surface area contributed by atoms with Crippen molar-refractivity contribution in [3.8, 4) is 5.95 Å². The van der Waals surface area contributed by atoms with Crippen molar-refractivity contribution in [1.29, 1.82) is 0 Å². The Bertz CT molecular complexity index is 953. The number of carbonyl (C=O) groups excluding carboxylic acids is 1. The van der Waals surface area contributed by atoms with E-state index in [2.05, 4.69) is 5.10 Å². The lowest BCUT2D eigenvalue weighted by molar-refractivity contribution is -0.130. The van der Waals surface area contributed by atoms with Crippen molar-refractivity contribution < 1.29 is 18.3 Å². The minimum absolute atomic E-state index is 0.0797. The molecular weight excluding hydrogens is 406 g/mol. The van der Waals surface area contributed by atoms with Crippen LogP contribution in [0.2, 0.25) is 0 Å². The standard InChI is InChI=1S/C21H28F2N6O2/c1-13-9-14(2)29(27-13)20-25-16(10-15-3-5-21(22,23)6-4-15)11-18(26-20)28-7-8-31-17(12-28)19(24)30/h9,11,15,17H,3-8,10,12H2,1-2H3,(H2,24,30). The van der Waals surface area contributed by atoms with E-state index in [1.807, 2.05) is 30.9 Å². The van der Waals surface area contributed by atoms with Crippen LogP contribution in [0.3, 0.4) is 0 Å². The zero-order valence-electron chi connectivity index (χ0n) is 17.9. The van der Waals surface area contributed by atoms with Crippen molar-refractivity contribution in [1.82, 2.24) is 19.7 Å². The predicted molar refractivity (Wildman–Crippen MR) is 110 cm³/mol. The quantitative estimate of drug-likeness (QED) is 0.776. The summed E-state index contributed by atoms with van der Waals surface area (Å²) in [6, 6.07) is 3.82. The number of ether oxygens (including phenoxy) is 1. The predicted octanol–water partition coefficient (Wildman–Crippen LogP) is 2.34. The highest BCUT2D eigenvalue weighted by Crippen LogP contribution is 2.37. The smallest absolute Gasteiger partial charge is 0.252 e.